The first-order chi connectivity index (χ1) is 33.8. The van der Waals surface area contributed by atoms with Gasteiger partial charge in [-0.25, -0.2) is 0 Å². The Kier molecular flexibility index (Phi) is 16.8. The number of hydrogen-bond donors (Lipinski definition) is 0. The van der Waals surface area contributed by atoms with E-state index in [-0.39, 0.29) is 0 Å². The smallest absolute Gasteiger partial charge is 0.161 e. The van der Waals surface area contributed by atoms with Crippen LogP contribution >= 0.6 is 0 Å². The van der Waals surface area contributed by atoms with E-state index in [4.69, 9.17) is 56.8 Å². The first-order valence-corrected chi connectivity index (χ1v) is 23.7. The Labute approximate surface area is 398 Å². The molecule has 0 fully saturated rings. The van der Waals surface area contributed by atoms with Crippen LogP contribution in [0.15, 0.2) is 121 Å². The molecular formula is C56H60O12. The predicted octanol–water partition coefficient (Wildman–Crippen LogP) is 8.89. The normalized spacial score (nSPS) is 16.9. The van der Waals surface area contributed by atoms with Crippen molar-refractivity contribution < 1.29 is 56.8 Å². The number of hydrogen-bond acceptors (Lipinski definition) is 12. The summed E-state index contributed by atoms with van der Waals surface area (Å²) < 4.78 is 75.8. The average molecular weight is 925 g/mol. The van der Waals surface area contributed by atoms with Crippen LogP contribution in [0.25, 0.3) is 0 Å². The largest absolute Gasteiger partial charge is 0.491 e. The van der Waals surface area contributed by atoms with Gasteiger partial charge < -0.3 is 56.8 Å². The third kappa shape index (κ3) is 12.6. The Hall–Kier alpha value is -6.44. The van der Waals surface area contributed by atoms with Gasteiger partial charge in [0.2, 0.25) is 0 Å². The van der Waals surface area contributed by atoms with Crippen molar-refractivity contribution in [2.45, 2.75) is 25.7 Å². The highest BCUT2D eigenvalue weighted by Gasteiger charge is 2.22. The van der Waals surface area contributed by atoms with Crippen molar-refractivity contribution in [2.75, 3.05) is 106 Å². The van der Waals surface area contributed by atoms with E-state index >= 15 is 0 Å². The average Bonchev–Trinajstić information content (AvgIpc) is 3.35. The van der Waals surface area contributed by atoms with Gasteiger partial charge in [0, 0.05) is 25.7 Å². The predicted molar refractivity (Wildman–Crippen MR) is 257 cm³/mol. The van der Waals surface area contributed by atoms with E-state index < -0.39 is 0 Å². The molecular weight excluding hydrogens is 865 g/mol. The van der Waals surface area contributed by atoms with Gasteiger partial charge in [-0.05, 0) is 68.8 Å². The Bertz CT molecular complexity index is 2110. The molecule has 12 heteroatoms. The first-order valence-electron chi connectivity index (χ1n) is 23.7. The minimum Gasteiger partial charge on any atom is -0.491 e. The SMILES string of the molecule is c1cc2c3c(c1)Cc1cccc4c1OCCOCCOc1ccccc1OCCOCCOc1c(cccc1Cc1cccc(c1OCCOCCOc1ccccc1OCCOCCO3)C4)C2. The lowest BCUT2D eigenvalue weighted by molar-refractivity contribution is 0.0695. The molecule has 0 aromatic heterocycles. The third-order valence-corrected chi connectivity index (χ3v) is 11.8. The number of para-hydroxylation sites is 8. The van der Waals surface area contributed by atoms with Gasteiger partial charge in [0.15, 0.2) is 23.0 Å². The lowest BCUT2D eigenvalue weighted by atomic mass is 9.91. The molecule has 11 rings (SSSR count). The minimum absolute atomic E-state index is 0.334. The maximum absolute atomic E-state index is 6.79. The molecule has 12 bridgehead atoms. The molecule has 356 valence electrons. The molecule has 68 heavy (non-hydrogen) atoms. The fourth-order valence-electron chi connectivity index (χ4n) is 8.67. The van der Waals surface area contributed by atoms with Crippen molar-refractivity contribution in [3.63, 3.8) is 0 Å². The van der Waals surface area contributed by atoms with Crippen molar-refractivity contribution in [3.05, 3.63) is 166 Å². The molecule has 0 saturated carbocycles. The second-order valence-electron chi connectivity index (χ2n) is 16.5. The van der Waals surface area contributed by atoms with Gasteiger partial charge >= 0.3 is 0 Å². The molecule has 0 spiro atoms. The summed E-state index contributed by atoms with van der Waals surface area (Å²) in [6.45, 7) is 5.71. The van der Waals surface area contributed by atoms with E-state index in [1.807, 2.05) is 48.5 Å². The molecule has 5 aliphatic rings. The fourth-order valence-corrected chi connectivity index (χ4v) is 8.67. The second kappa shape index (κ2) is 24.5. The van der Waals surface area contributed by atoms with Crippen LogP contribution in [-0.2, 0) is 44.6 Å². The van der Waals surface area contributed by atoms with E-state index in [9.17, 15) is 0 Å². The van der Waals surface area contributed by atoms with Crippen molar-refractivity contribution in [3.8, 4) is 46.0 Å². The summed E-state index contributed by atoms with van der Waals surface area (Å²) in [5.74, 6) is 5.85. The molecule has 0 unspecified atom stereocenters. The fraction of sp³-hybridized carbons (Fsp3) is 0.357. The maximum Gasteiger partial charge on any atom is 0.161 e. The molecule has 0 amide bonds. The molecule has 6 aromatic rings. The highest BCUT2D eigenvalue weighted by molar-refractivity contribution is 5.56. The summed E-state index contributed by atoms with van der Waals surface area (Å²) in [5, 5.41) is 0. The zero-order valence-electron chi connectivity index (χ0n) is 38.6. The lowest BCUT2D eigenvalue weighted by Crippen LogP contribution is -2.15. The van der Waals surface area contributed by atoms with E-state index in [1.54, 1.807) is 0 Å². The molecule has 1 aliphatic carbocycles. The van der Waals surface area contributed by atoms with Crippen LogP contribution in [0.1, 0.15) is 44.5 Å². The van der Waals surface area contributed by atoms with E-state index in [0.717, 1.165) is 67.5 Å². The molecule has 6 aromatic carbocycles. The second-order valence-corrected chi connectivity index (χ2v) is 16.5. The monoisotopic (exact) mass is 924 g/mol. The van der Waals surface area contributed by atoms with Gasteiger partial charge in [-0.3, -0.25) is 0 Å². The summed E-state index contributed by atoms with van der Waals surface area (Å²) in [7, 11) is 0. The summed E-state index contributed by atoms with van der Waals surface area (Å²) in [5.41, 5.74) is 8.23. The van der Waals surface area contributed by atoms with Crippen LogP contribution in [-0.4, -0.2) is 106 Å². The number of rotatable bonds is 0. The molecule has 0 N–H and O–H groups in total. The quantitative estimate of drug-likeness (QED) is 0.136. The van der Waals surface area contributed by atoms with Gasteiger partial charge in [0.05, 0.1) is 52.9 Å². The van der Waals surface area contributed by atoms with Crippen molar-refractivity contribution in [1.29, 1.82) is 0 Å². The maximum atomic E-state index is 6.79. The molecule has 12 nitrogen and oxygen atoms in total. The molecule has 4 heterocycles. The van der Waals surface area contributed by atoms with Gasteiger partial charge in [-0.2, -0.15) is 0 Å². The minimum atomic E-state index is 0.334. The van der Waals surface area contributed by atoms with E-state index in [0.29, 0.717) is 154 Å². The summed E-state index contributed by atoms with van der Waals surface area (Å²) >= 11 is 0. The van der Waals surface area contributed by atoms with Crippen LogP contribution in [0.4, 0.5) is 0 Å². The topological polar surface area (TPSA) is 111 Å². The summed E-state index contributed by atoms with van der Waals surface area (Å²) in [6.07, 6.45) is 2.22. The van der Waals surface area contributed by atoms with Crippen LogP contribution in [0, 0.1) is 0 Å². The van der Waals surface area contributed by atoms with Crippen molar-refractivity contribution in [1.82, 2.24) is 0 Å². The standard InChI is InChI=1S/C56H60O12/c1-2-18-50-49(17-1)61-29-21-57-25-33-65-53-41-9-5-10-42(53)38-46-14-8-16-48-40-44-12-6-11-43(54(44)66-34-26-58-22-30-62-50)39-47-15-7-13-45(37-41)55(47)67-35-27-59-23-31-63-51-19-3-4-20-52(51)64-32-24-60-28-36-68-56(46)48/h1-20H,21-40H2. The summed E-state index contributed by atoms with van der Waals surface area (Å²) in [6, 6.07) is 40.8. The number of ether oxygens (including phenoxy) is 12. The molecule has 0 atom stereocenters. The Morgan fingerprint density at radius 1 is 0.191 bits per heavy atom. The van der Waals surface area contributed by atoms with E-state index in [2.05, 4.69) is 72.8 Å². The Balaban J connectivity index is 1.10. The van der Waals surface area contributed by atoms with Crippen molar-refractivity contribution >= 4 is 0 Å². The Morgan fingerprint density at radius 3 is 0.588 bits per heavy atom. The highest BCUT2D eigenvalue weighted by Crippen LogP contribution is 2.39. The lowest BCUT2D eigenvalue weighted by Gasteiger charge is -2.23. The molecule has 0 radical (unpaired) electrons. The van der Waals surface area contributed by atoms with Crippen LogP contribution in [0.2, 0.25) is 0 Å². The third-order valence-electron chi connectivity index (χ3n) is 11.8. The number of fused-ring (bicyclic) bond motifs is 24. The zero-order chi connectivity index (χ0) is 46.0. The van der Waals surface area contributed by atoms with Gasteiger partial charge in [0.25, 0.3) is 0 Å². The number of benzene rings is 6. The van der Waals surface area contributed by atoms with Crippen LogP contribution in [0.3, 0.4) is 0 Å². The molecule has 4 aliphatic heterocycles. The summed E-state index contributed by atoms with van der Waals surface area (Å²) in [4.78, 5) is 0. The Morgan fingerprint density at radius 2 is 0.382 bits per heavy atom. The zero-order valence-corrected chi connectivity index (χ0v) is 38.6. The molecule has 0 saturated heterocycles. The first kappa shape index (κ1) is 46.7. The van der Waals surface area contributed by atoms with Gasteiger partial charge in [0.1, 0.15) is 75.9 Å². The van der Waals surface area contributed by atoms with Gasteiger partial charge in [-0.1, -0.05) is 97.1 Å². The van der Waals surface area contributed by atoms with Crippen LogP contribution in [0.5, 0.6) is 46.0 Å². The van der Waals surface area contributed by atoms with Crippen molar-refractivity contribution in [2.24, 2.45) is 0 Å². The van der Waals surface area contributed by atoms with Crippen LogP contribution < -0.4 is 37.9 Å². The van der Waals surface area contributed by atoms with E-state index in [1.165, 1.54) is 0 Å². The van der Waals surface area contributed by atoms with Gasteiger partial charge in [-0.15, -0.1) is 0 Å². The highest BCUT2D eigenvalue weighted by atomic mass is 16.6.